The van der Waals surface area contributed by atoms with Crippen LogP contribution in [0.2, 0.25) is 0 Å². The van der Waals surface area contributed by atoms with E-state index in [-0.39, 0.29) is 30.3 Å². The van der Waals surface area contributed by atoms with Crippen molar-refractivity contribution in [1.82, 2.24) is 5.32 Å². The first-order valence-electron chi connectivity index (χ1n) is 7.93. The Hall–Kier alpha value is -1.26. The van der Waals surface area contributed by atoms with Gasteiger partial charge in [0.25, 0.3) is 0 Å². The van der Waals surface area contributed by atoms with E-state index >= 15 is 0 Å². The minimum absolute atomic E-state index is 0. The van der Waals surface area contributed by atoms with Crippen molar-refractivity contribution in [1.29, 1.82) is 0 Å². The molecule has 2 bridgehead atoms. The Balaban J connectivity index is 0.00000176. The van der Waals surface area contributed by atoms with Gasteiger partial charge in [0.15, 0.2) is 0 Å². The molecule has 3 fully saturated rings. The zero-order chi connectivity index (χ0) is 14.8. The number of hydrogen-bond acceptors (Lipinski definition) is 3. The van der Waals surface area contributed by atoms with E-state index < -0.39 is 0 Å². The monoisotopic (exact) mass is 324 g/mol. The second-order valence-electron chi connectivity index (χ2n) is 6.48. The van der Waals surface area contributed by atoms with Crippen LogP contribution in [0.25, 0.3) is 0 Å². The molecular weight excluding hydrogens is 300 g/mol. The van der Waals surface area contributed by atoms with Gasteiger partial charge >= 0.3 is 0 Å². The highest BCUT2D eigenvalue weighted by molar-refractivity contribution is 5.93. The zero-order valence-corrected chi connectivity index (χ0v) is 14.0. The summed E-state index contributed by atoms with van der Waals surface area (Å²) in [5.74, 6) is 1.77. The molecule has 122 valence electrons. The van der Waals surface area contributed by atoms with Crippen LogP contribution in [0.4, 0.5) is 5.69 Å². The van der Waals surface area contributed by atoms with Gasteiger partial charge in [-0.05, 0) is 69.8 Å². The smallest absolute Gasteiger partial charge is 0.229 e. The van der Waals surface area contributed by atoms with Gasteiger partial charge in [-0.2, -0.15) is 0 Å². The molecule has 5 heteroatoms. The molecule has 0 radical (unpaired) electrons. The maximum atomic E-state index is 12.4. The van der Waals surface area contributed by atoms with Gasteiger partial charge in [0, 0.05) is 11.7 Å². The van der Waals surface area contributed by atoms with Crippen molar-refractivity contribution in [2.75, 3.05) is 11.9 Å². The number of halogens is 1. The molecule has 2 heterocycles. The van der Waals surface area contributed by atoms with Crippen LogP contribution in [0.1, 0.15) is 33.1 Å². The minimum atomic E-state index is 0. The quantitative estimate of drug-likeness (QED) is 0.894. The summed E-state index contributed by atoms with van der Waals surface area (Å²) in [6, 6.07) is 7.98. The van der Waals surface area contributed by atoms with Crippen LogP contribution < -0.4 is 15.4 Å². The van der Waals surface area contributed by atoms with Gasteiger partial charge in [0.1, 0.15) is 5.75 Å². The van der Waals surface area contributed by atoms with Crippen molar-refractivity contribution in [3.05, 3.63) is 24.3 Å². The summed E-state index contributed by atoms with van der Waals surface area (Å²) >= 11 is 0. The molecule has 3 atom stereocenters. The highest BCUT2D eigenvalue weighted by Crippen LogP contribution is 2.34. The number of fused-ring (bicyclic) bond motifs is 3. The Kier molecular flexibility index (Phi) is 5.70. The average molecular weight is 325 g/mol. The van der Waals surface area contributed by atoms with Crippen molar-refractivity contribution in [3.63, 3.8) is 0 Å². The second-order valence-corrected chi connectivity index (χ2v) is 6.48. The number of rotatable bonds is 4. The molecule has 22 heavy (non-hydrogen) atoms. The first-order chi connectivity index (χ1) is 10.1. The van der Waals surface area contributed by atoms with E-state index in [1.807, 2.05) is 38.1 Å². The van der Waals surface area contributed by atoms with E-state index in [1.165, 1.54) is 6.42 Å². The number of benzene rings is 1. The summed E-state index contributed by atoms with van der Waals surface area (Å²) in [6.07, 6.45) is 3.58. The first-order valence-corrected chi connectivity index (χ1v) is 7.93. The topological polar surface area (TPSA) is 50.4 Å². The lowest BCUT2D eigenvalue weighted by Crippen LogP contribution is -2.53. The van der Waals surface area contributed by atoms with Crippen molar-refractivity contribution in [3.8, 4) is 5.75 Å². The summed E-state index contributed by atoms with van der Waals surface area (Å²) < 4.78 is 5.61. The van der Waals surface area contributed by atoms with E-state index in [2.05, 4.69) is 10.6 Å². The average Bonchev–Trinajstić information content (AvgIpc) is 2.50. The lowest BCUT2D eigenvalue weighted by atomic mass is 9.73. The number of carbonyl (C=O) groups is 1. The minimum Gasteiger partial charge on any atom is -0.491 e. The fraction of sp³-hybridized carbons (Fsp3) is 0.588. The molecule has 0 spiro atoms. The standard InChI is InChI=1S/C17H24N2O2.ClH/c1-11(2)21-14-6-4-13(5-7-14)19-17(20)15-9-12-3-8-16(15)18-10-12;/h4-7,11-12,15-16,18H,3,8-10H2,1-2H3,(H,19,20);1H/t12-,15+,16+;/m0./s1. The van der Waals surface area contributed by atoms with Gasteiger partial charge < -0.3 is 15.4 Å². The summed E-state index contributed by atoms with van der Waals surface area (Å²) in [5, 5.41) is 6.53. The highest BCUT2D eigenvalue weighted by Gasteiger charge is 2.39. The van der Waals surface area contributed by atoms with Crippen LogP contribution in [0.3, 0.4) is 0 Å². The van der Waals surface area contributed by atoms with E-state index in [0.717, 1.165) is 30.8 Å². The summed E-state index contributed by atoms with van der Waals surface area (Å²) in [6.45, 7) is 5.08. The number of nitrogens with one attached hydrogen (secondary N) is 2. The molecule has 4 rings (SSSR count). The van der Waals surface area contributed by atoms with Gasteiger partial charge in [-0.15, -0.1) is 12.4 Å². The molecule has 0 unspecified atom stereocenters. The van der Waals surface area contributed by atoms with Crippen LogP contribution in [-0.4, -0.2) is 24.6 Å². The summed E-state index contributed by atoms with van der Waals surface area (Å²) in [4.78, 5) is 12.4. The molecule has 1 aromatic carbocycles. The number of amides is 1. The zero-order valence-electron chi connectivity index (χ0n) is 13.2. The number of hydrogen-bond donors (Lipinski definition) is 2. The molecule has 1 saturated carbocycles. The van der Waals surface area contributed by atoms with Crippen molar-refractivity contribution in [2.45, 2.75) is 45.3 Å². The third-order valence-corrected chi connectivity index (χ3v) is 4.46. The number of piperidine rings is 2. The van der Waals surface area contributed by atoms with Gasteiger partial charge in [0.2, 0.25) is 5.91 Å². The van der Waals surface area contributed by atoms with E-state index in [0.29, 0.717) is 12.0 Å². The van der Waals surface area contributed by atoms with Crippen LogP contribution in [0, 0.1) is 11.8 Å². The lowest BCUT2D eigenvalue weighted by Gasteiger charge is -2.42. The van der Waals surface area contributed by atoms with Crippen LogP contribution in [0.15, 0.2) is 24.3 Å². The summed E-state index contributed by atoms with van der Waals surface area (Å²) in [5.41, 5.74) is 0.845. The first kappa shape index (κ1) is 17.1. The maximum absolute atomic E-state index is 12.4. The molecular formula is C17H25ClN2O2. The Bertz CT molecular complexity index is 496. The molecule has 2 aliphatic heterocycles. The van der Waals surface area contributed by atoms with E-state index in [9.17, 15) is 4.79 Å². The number of anilines is 1. The van der Waals surface area contributed by atoms with Crippen molar-refractivity contribution < 1.29 is 9.53 Å². The lowest BCUT2D eigenvalue weighted by molar-refractivity contribution is -0.123. The van der Waals surface area contributed by atoms with Crippen LogP contribution >= 0.6 is 12.4 Å². The van der Waals surface area contributed by atoms with Crippen LogP contribution in [0.5, 0.6) is 5.75 Å². The number of carbonyl (C=O) groups excluding carboxylic acids is 1. The third kappa shape index (κ3) is 3.93. The molecule has 0 aromatic heterocycles. The molecule has 4 nitrogen and oxygen atoms in total. The predicted octanol–water partition coefficient (Wildman–Crippen LogP) is 3.22. The van der Waals surface area contributed by atoms with Gasteiger partial charge in [-0.3, -0.25) is 4.79 Å². The Morgan fingerprint density at radius 3 is 2.50 bits per heavy atom. The maximum Gasteiger partial charge on any atom is 0.229 e. The molecule has 2 N–H and O–H groups in total. The third-order valence-electron chi connectivity index (χ3n) is 4.46. The van der Waals surface area contributed by atoms with Crippen LogP contribution in [-0.2, 0) is 4.79 Å². The fourth-order valence-electron chi connectivity index (χ4n) is 3.42. The Labute approximate surface area is 138 Å². The van der Waals surface area contributed by atoms with E-state index in [4.69, 9.17) is 4.74 Å². The van der Waals surface area contributed by atoms with Gasteiger partial charge in [-0.1, -0.05) is 0 Å². The normalized spacial score (nSPS) is 26.4. The number of ether oxygens (including phenoxy) is 1. The SMILES string of the molecule is CC(C)Oc1ccc(NC(=O)[C@@H]2C[C@@H]3CC[C@H]2NC3)cc1.Cl. The molecule has 3 aliphatic rings. The van der Waals surface area contributed by atoms with Crippen molar-refractivity contribution in [2.24, 2.45) is 11.8 Å². The summed E-state index contributed by atoms with van der Waals surface area (Å²) in [7, 11) is 0. The largest absolute Gasteiger partial charge is 0.491 e. The molecule has 1 aromatic rings. The fourth-order valence-corrected chi connectivity index (χ4v) is 3.42. The Morgan fingerprint density at radius 2 is 2.00 bits per heavy atom. The van der Waals surface area contributed by atoms with Gasteiger partial charge in [-0.25, -0.2) is 0 Å². The Morgan fingerprint density at radius 1 is 1.27 bits per heavy atom. The van der Waals surface area contributed by atoms with Crippen molar-refractivity contribution >= 4 is 24.0 Å². The second kappa shape index (κ2) is 7.34. The molecule has 2 saturated heterocycles. The molecule has 1 amide bonds. The van der Waals surface area contributed by atoms with E-state index in [1.54, 1.807) is 0 Å². The van der Waals surface area contributed by atoms with Gasteiger partial charge in [0.05, 0.1) is 12.0 Å². The highest BCUT2D eigenvalue weighted by atomic mass is 35.5. The molecule has 1 aliphatic carbocycles. The predicted molar refractivity (Wildman–Crippen MR) is 90.7 cm³/mol.